The topological polar surface area (TPSA) is 86.3 Å². The number of aryl methyl sites for hydroxylation is 1. The largest absolute Gasteiger partial charge is 0.493 e. The summed E-state index contributed by atoms with van der Waals surface area (Å²) in [7, 11) is 0. The molecule has 0 unspecified atom stereocenters. The Bertz CT molecular complexity index is 765. The molecule has 1 amide bonds. The van der Waals surface area contributed by atoms with E-state index < -0.39 is 5.91 Å². The van der Waals surface area contributed by atoms with Gasteiger partial charge >= 0.3 is 0 Å². The average Bonchev–Trinajstić information content (AvgIpc) is 3.13. The highest BCUT2D eigenvalue weighted by Crippen LogP contribution is 2.27. The molecular formula is C18H23N5O2. The number of benzene rings is 1. The molecule has 2 aromatic rings. The fourth-order valence-corrected chi connectivity index (χ4v) is 3.68. The second kappa shape index (κ2) is 6.84. The molecule has 0 saturated carbocycles. The number of hydrogen-bond acceptors (Lipinski definition) is 5. The number of primary amides is 1. The molecule has 132 valence electrons. The Labute approximate surface area is 146 Å². The molecule has 7 nitrogen and oxygen atoms in total. The van der Waals surface area contributed by atoms with Crippen LogP contribution in [-0.4, -0.2) is 45.5 Å². The fraction of sp³-hybridized carbons (Fsp3) is 0.500. The molecule has 0 aliphatic carbocycles. The van der Waals surface area contributed by atoms with Gasteiger partial charge in [-0.3, -0.25) is 9.69 Å². The van der Waals surface area contributed by atoms with Gasteiger partial charge in [-0.1, -0.05) is 17.3 Å². The lowest BCUT2D eigenvalue weighted by Crippen LogP contribution is -2.34. The van der Waals surface area contributed by atoms with Crippen LogP contribution in [0.15, 0.2) is 24.4 Å². The van der Waals surface area contributed by atoms with Gasteiger partial charge in [-0.05, 0) is 42.9 Å². The number of ether oxygens (including phenoxy) is 1. The van der Waals surface area contributed by atoms with Gasteiger partial charge in [-0.25, -0.2) is 4.68 Å². The maximum atomic E-state index is 11.1. The van der Waals surface area contributed by atoms with Crippen LogP contribution < -0.4 is 10.5 Å². The zero-order chi connectivity index (χ0) is 17.2. The monoisotopic (exact) mass is 341 g/mol. The molecule has 7 heteroatoms. The Morgan fingerprint density at radius 1 is 1.32 bits per heavy atom. The van der Waals surface area contributed by atoms with Crippen molar-refractivity contribution in [1.29, 1.82) is 0 Å². The highest BCUT2D eigenvalue weighted by molar-refractivity contribution is 5.90. The molecule has 3 heterocycles. The van der Waals surface area contributed by atoms with Gasteiger partial charge in [-0.15, -0.1) is 5.10 Å². The minimum absolute atomic E-state index is 0.235. The van der Waals surface area contributed by atoms with Crippen molar-refractivity contribution in [3.63, 3.8) is 0 Å². The average molecular weight is 341 g/mol. The molecule has 1 saturated heterocycles. The number of carbonyl (C=O) groups excluding carboxylic acids is 1. The Hall–Kier alpha value is -2.41. The van der Waals surface area contributed by atoms with Gasteiger partial charge in [0.2, 0.25) is 0 Å². The third-order valence-corrected chi connectivity index (χ3v) is 5.07. The van der Waals surface area contributed by atoms with Crippen molar-refractivity contribution in [3.05, 3.63) is 41.2 Å². The van der Waals surface area contributed by atoms with Gasteiger partial charge in [0.15, 0.2) is 5.69 Å². The molecule has 0 spiro atoms. The molecule has 2 aliphatic rings. The quantitative estimate of drug-likeness (QED) is 0.911. The van der Waals surface area contributed by atoms with E-state index in [9.17, 15) is 4.79 Å². The Morgan fingerprint density at radius 3 is 2.92 bits per heavy atom. The van der Waals surface area contributed by atoms with Crippen LogP contribution in [0.4, 0.5) is 0 Å². The number of piperidine rings is 1. The summed E-state index contributed by atoms with van der Waals surface area (Å²) in [6.07, 6.45) is 5.87. The van der Waals surface area contributed by atoms with E-state index in [1.165, 1.54) is 11.1 Å². The minimum atomic E-state index is -0.528. The van der Waals surface area contributed by atoms with E-state index in [-0.39, 0.29) is 11.7 Å². The summed E-state index contributed by atoms with van der Waals surface area (Å²) < 4.78 is 7.47. The lowest BCUT2D eigenvalue weighted by atomic mass is 10.0. The van der Waals surface area contributed by atoms with Crippen LogP contribution in [0.5, 0.6) is 5.75 Å². The first kappa shape index (κ1) is 16.1. The number of nitrogens with zero attached hydrogens (tertiary/aromatic N) is 4. The van der Waals surface area contributed by atoms with Crippen LogP contribution >= 0.6 is 0 Å². The molecule has 1 fully saturated rings. The van der Waals surface area contributed by atoms with Gasteiger partial charge in [0.05, 0.1) is 18.8 Å². The molecular weight excluding hydrogens is 318 g/mol. The minimum Gasteiger partial charge on any atom is -0.493 e. The van der Waals surface area contributed by atoms with Crippen molar-refractivity contribution in [2.24, 2.45) is 5.73 Å². The van der Waals surface area contributed by atoms with E-state index in [2.05, 4.69) is 33.4 Å². The Kier molecular flexibility index (Phi) is 4.40. The van der Waals surface area contributed by atoms with Crippen LogP contribution in [-0.2, 0) is 13.0 Å². The van der Waals surface area contributed by atoms with Crippen molar-refractivity contribution < 1.29 is 9.53 Å². The van der Waals surface area contributed by atoms with E-state index in [0.29, 0.717) is 0 Å². The second-order valence-electron chi connectivity index (χ2n) is 6.85. The smallest absolute Gasteiger partial charge is 0.270 e. The van der Waals surface area contributed by atoms with Crippen LogP contribution in [0, 0.1) is 0 Å². The van der Waals surface area contributed by atoms with Crippen LogP contribution in [0.1, 0.15) is 46.9 Å². The Balaban J connectivity index is 1.35. The highest BCUT2D eigenvalue weighted by Gasteiger charge is 2.22. The van der Waals surface area contributed by atoms with Crippen LogP contribution in [0.25, 0.3) is 0 Å². The van der Waals surface area contributed by atoms with E-state index in [1.807, 2.05) is 0 Å². The van der Waals surface area contributed by atoms with Crippen molar-refractivity contribution in [2.45, 2.75) is 38.3 Å². The summed E-state index contributed by atoms with van der Waals surface area (Å²) in [5.74, 6) is 0.519. The highest BCUT2D eigenvalue weighted by atomic mass is 16.5. The van der Waals surface area contributed by atoms with Gasteiger partial charge in [0.25, 0.3) is 5.91 Å². The van der Waals surface area contributed by atoms with Gasteiger partial charge in [0, 0.05) is 19.6 Å². The van der Waals surface area contributed by atoms with Gasteiger partial charge in [0.1, 0.15) is 5.75 Å². The third kappa shape index (κ3) is 3.51. The molecule has 1 aromatic carbocycles. The maximum Gasteiger partial charge on any atom is 0.270 e. The normalized spacial score (nSPS) is 18.6. The van der Waals surface area contributed by atoms with Crippen LogP contribution in [0.2, 0.25) is 0 Å². The van der Waals surface area contributed by atoms with E-state index >= 15 is 0 Å². The molecule has 4 rings (SSSR count). The predicted molar refractivity (Wildman–Crippen MR) is 92.3 cm³/mol. The number of aromatic nitrogens is 3. The summed E-state index contributed by atoms with van der Waals surface area (Å²) in [4.78, 5) is 13.6. The Morgan fingerprint density at radius 2 is 2.16 bits per heavy atom. The summed E-state index contributed by atoms with van der Waals surface area (Å²) in [6, 6.07) is 6.86. The first-order valence-corrected chi connectivity index (χ1v) is 8.87. The van der Waals surface area contributed by atoms with Crippen LogP contribution in [0.3, 0.4) is 0 Å². The molecule has 0 radical (unpaired) electrons. The predicted octanol–water partition coefficient (Wildman–Crippen LogP) is 1.54. The number of likely N-dealkylation sites (tertiary alicyclic amines) is 1. The number of nitrogens with two attached hydrogens (primary N) is 1. The molecule has 1 aromatic heterocycles. The maximum absolute atomic E-state index is 11.1. The second-order valence-corrected chi connectivity index (χ2v) is 6.85. The summed E-state index contributed by atoms with van der Waals surface area (Å²) in [5, 5.41) is 7.88. The lowest BCUT2D eigenvalue weighted by molar-refractivity contribution is 0.0995. The van der Waals surface area contributed by atoms with E-state index in [1.54, 1.807) is 10.9 Å². The fourth-order valence-electron chi connectivity index (χ4n) is 3.68. The van der Waals surface area contributed by atoms with E-state index in [0.717, 1.165) is 57.7 Å². The molecule has 2 aliphatic heterocycles. The number of fused-ring (bicyclic) bond motifs is 1. The van der Waals surface area contributed by atoms with Crippen molar-refractivity contribution >= 4 is 5.91 Å². The third-order valence-electron chi connectivity index (χ3n) is 5.07. The number of amides is 1. The zero-order valence-electron chi connectivity index (χ0n) is 14.2. The lowest BCUT2D eigenvalue weighted by Gasteiger charge is -2.32. The number of rotatable bonds is 4. The molecule has 2 N–H and O–H groups in total. The SMILES string of the molecule is NC(=O)c1cn(C2CCN(Cc3ccc4c(c3)CCCO4)CC2)nn1. The molecule has 0 atom stereocenters. The summed E-state index contributed by atoms with van der Waals surface area (Å²) >= 11 is 0. The van der Waals surface area contributed by atoms with Crippen molar-refractivity contribution in [3.8, 4) is 5.75 Å². The first-order valence-electron chi connectivity index (χ1n) is 8.87. The number of carbonyl (C=O) groups is 1. The van der Waals surface area contributed by atoms with Gasteiger partial charge in [-0.2, -0.15) is 0 Å². The van der Waals surface area contributed by atoms with Crippen molar-refractivity contribution in [2.75, 3.05) is 19.7 Å². The summed E-state index contributed by atoms with van der Waals surface area (Å²) in [5.41, 5.74) is 8.16. The van der Waals surface area contributed by atoms with Crippen molar-refractivity contribution in [1.82, 2.24) is 19.9 Å². The van der Waals surface area contributed by atoms with Gasteiger partial charge < -0.3 is 10.5 Å². The van der Waals surface area contributed by atoms with E-state index in [4.69, 9.17) is 10.5 Å². The first-order chi connectivity index (χ1) is 12.2. The standard InChI is InChI=1S/C18H23N5O2/c19-18(24)16-12-23(21-20-16)15-5-7-22(8-6-15)11-13-3-4-17-14(10-13)2-1-9-25-17/h3-4,10,12,15H,1-2,5-9,11H2,(H2,19,24). The number of hydrogen-bond donors (Lipinski definition) is 1. The summed E-state index contributed by atoms with van der Waals surface area (Å²) in [6.45, 7) is 3.80. The molecule has 0 bridgehead atoms. The molecule has 25 heavy (non-hydrogen) atoms. The zero-order valence-corrected chi connectivity index (χ0v) is 14.2.